The zero-order chi connectivity index (χ0) is 17.8. The number of rotatable bonds is 4. The molecule has 0 radical (unpaired) electrons. The summed E-state index contributed by atoms with van der Waals surface area (Å²) in [6.07, 6.45) is 3.80. The van der Waals surface area contributed by atoms with Gasteiger partial charge in [-0.05, 0) is 57.2 Å². The number of H-pyrrole nitrogens is 1. The van der Waals surface area contributed by atoms with Gasteiger partial charge in [-0.15, -0.1) is 0 Å². The molecular formula is C18H25N5O2. The number of carbonyl (C=O) groups excluding carboxylic acids is 1. The average Bonchev–Trinajstić information content (AvgIpc) is 3.03. The molecule has 1 aliphatic rings. The molecule has 2 amide bonds. The Morgan fingerprint density at radius 3 is 2.72 bits per heavy atom. The van der Waals surface area contributed by atoms with E-state index in [-0.39, 0.29) is 6.03 Å². The lowest BCUT2D eigenvalue weighted by Crippen LogP contribution is -2.40. The zero-order valence-corrected chi connectivity index (χ0v) is 15.0. The van der Waals surface area contributed by atoms with E-state index in [4.69, 9.17) is 4.74 Å². The van der Waals surface area contributed by atoms with Gasteiger partial charge in [-0.1, -0.05) is 0 Å². The van der Waals surface area contributed by atoms with Crippen molar-refractivity contribution in [2.24, 2.45) is 0 Å². The lowest BCUT2D eigenvalue weighted by Gasteiger charge is -2.31. The van der Waals surface area contributed by atoms with Crippen molar-refractivity contribution in [3.8, 4) is 5.75 Å². The van der Waals surface area contributed by atoms with Gasteiger partial charge in [-0.25, -0.2) is 9.78 Å². The summed E-state index contributed by atoms with van der Waals surface area (Å²) in [6.45, 7) is 7.91. The van der Waals surface area contributed by atoms with Gasteiger partial charge in [-0.2, -0.15) is 5.10 Å². The fourth-order valence-electron chi connectivity index (χ4n) is 3.28. The number of aromatic amines is 1. The van der Waals surface area contributed by atoms with Crippen LogP contribution in [0.25, 0.3) is 0 Å². The Labute approximate surface area is 147 Å². The van der Waals surface area contributed by atoms with Crippen molar-refractivity contribution < 1.29 is 9.53 Å². The van der Waals surface area contributed by atoms with Crippen LogP contribution >= 0.6 is 0 Å². The number of urea groups is 1. The number of nitrogens with one attached hydrogen (secondary N) is 2. The molecule has 2 aromatic rings. The Bertz CT molecular complexity index is 735. The normalized spacial score (nSPS) is 15.2. The quantitative estimate of drug-likeness (QED) is 0.893. The molecule has 0 bridgehead atoms. The number of hydrogen-bond donors (Lipinski definition) is 2. The van der Waals surface area contributed by atoms with E-state index in [2.05, 4.69) is 20.5 Å². The molecule has 3 rings (SSSR count). The van der Waals surface area contributed by atoms with Gasteiger partial charge in [0.2, 0.25) is 0 Å². The second-order valence-corrected chi connectivity index (χ2v) is 6.35. The van der Waals surface area contributed by atoms with E-state index in [0.717, 1.165) is 43.1 Å². The first-order valence-electron chi connectivity index (χ1n) is 8.74. The number of aromatic nitrogens is 3. The highest BCUT2D eigenvalue weighted by molar-refractivity contribution is 5.88. The first-order chi connectivity index (χ1) is 12.1. The zero-order valence-electron chi connectivity index (χ0n) is 15.0. The van der Waals surface area contributed by atoms with Crippen LogP contribution in [-0.4, -0.2) is 45.8 Å². The molecule has 134 valence electrons. The summed E-state index contributed by atoms with van der Waals surface area (Å²) in [5.74, 6) is 1.77. The van der Waals surface area contributed by atoms with E-state index >= 15 is 0 Å². The van der Waals surface area contributed by atoms with Crippen molar-refractivity contribution in [2.45, 2.75) is 39.5 Å². The molecule has 0 atom stereocenters. The van der Waals surface area contributed by atoms with Crippen LogP contribution in [0.1, 0.15) is 42.6 Å². The van der Waals surface area contributed by atoms with Crippen molar-refractivity contribution in [1.82, 2.24) is 20.1 Å². The summed E-state index contributed by atoms with van der Waals surface area (Å²) in [5, 5.41) is 9.97. The summed E-state index contributed by atoms with van der Waals surface area (Å²) >= 11 is 0. The number of aryl methyl sites for hydroxylation is 2. The third-order valence-electron chi connectivity index (χ3n) is 4.66. The van der Waals surface area contributed by atoms with E-state index in [1.165, 1.54) is 5.56 Å². The minimum absolute atomic E-state index is 0.0987. The van der Waals surface area contributed by atoms with Gasteiger partial charge < -0.3 is 9.64 Å². The Balaban J connectivity index is 1.56. The molecule has 1 saturated heterocycles. The predicted molar refractivity (Wildman–Crippen MR) is 96.0 cm³/mol. The first-order valence-corrected chi connectivity index (χ1v) is 8.74. The molecule has 0 aliphatic carbocycles. The van der Waals surface area contributed by atoms with Crippen LogP contribution in [0.5, 0.6) is 5.75 Å². The largest absolute Gasteiger partial charge is 0.492 e. The number of hydrogen-bond acceptors (Lipinski definition) is 4. The number of nitrogens with zero attached hydrogens (tertiary/aromatic N) is 3. The summed E-state index contributed by atoms with van der Waals surface area (Å²) in [4.78, 5) is 18.7. The first kappa shape index (κ1) is 17.3. The van der Waals surface area contributed by atoms with Gasteiger partial charge >= 0.3 is 6.03 Å². The molecule has 0 unspecified atom stereocenters. The smallest absolute Gasteiger partial charge is 0.323 e. The second-order valence-electron chi connectivity index (χ2n) is 6.35. The summed E-state index contributed by atoms with van der Waals surface area (Å²) in [7, 11) is 0. The average molecular weight is 343 g/mol. The monoisotopic (exact) mass is 343 g/mol. The van der Waals surface area contributed by atoms with E-state index in [1.807, 2.05) is 37.9 Å². The van der Waals surface area contributed by atoms with Crippen LogP contribution in [0.3, 0.4) is 0 Å². The van der Waals surface area contributed by atoms with Crippen molar-refractivity contribution >= 4 is 11.8 Å². The summed E-state index contributed by atoms with van der Waals surface area (Å²) in [5.41, 5.74) is 3.16. The Morgan fingerprint density at radius 2 is 2.12 bits per heavy atom. The molecular weight excluding hydrogens is 318 g/mol. The van der Waals surface area contributed by atoms with Gasteiger partial charge in [0.25, 0.3) is 0 Å². The molecule has 7 nitrogen and oxygen atoms in total. The van der Waals surface area contributed by atoms with Crippen molar-refractivity contribution in [3.05, 3.63) is 35.3 Å². The number of piperidine rings is 1. The van der Waals surface area contributed by atoms with Gasteiger partial charge in [0.05, 0.1) is 18.5 Å². The Hall–Kier alpha value is -2.57. The topological polar surface area (TPSA) is 83.1 Å². The van der Waals surface area contributed by atoms with Crippen LogP contribution in [0.2, 0.25) is 0 Å². The van der Waals surface area contributed by atoms with Crippen LogP contribution < -0.4 is 10.1 Å². The summed E-state index contributed by atoms with van der Waals surface area (Å²) < 4.78 is 5.48. The summed E-state index contributed by atoms with van der Waals surface area (Å²) in [6, 6.07) is 3.52. The molecule has 0 aromatic carbocycles. The number of likely N-dealkylation sites (tertiary alicyclic amines) is 1. The molecule has 0 spiro atoms. The maximum atomic E-state index is 12.5. The predicted octanol–water partition coefficient (Wildman–Crippen LogP) is 3.23. The second kappa shape index (κ2) is 7.55. The lowest BCUT2D eigenvalue weighted by atomic mass is 9.90. The highest BCUT2D eigenvalue weighted by Crippen LogP contribution is 2.29. The molecule has 1 fully saturated rings. The van der Waals surface area contributed by atoms with E-state index in [0.29, 0.717) is 18.3 Å². The fraction of sp³-hybridized carbons (Fsp3) is 0.500. The minimum atomic E-state index is -0.0987. The fourth-order valence-corrected chi connectivity index (χ4v) is 3.28. The van der Waals surface area contributed by atoms with Gasteiger partial charge in [0, 0.05) is 18.8 Å². The third kappa shape index (κ3) is 3.92. The van der Waals surface area contributed by atoms with Gasteiger partial charge in [-0.3, -0.25) is 10.4 Å². The molecule has 0 saturated carbocycles. The Morgan fingerprint density at radius 1 is 1.36 bits per heavy atom. The van der Waals surface area contributed by atoms with Gasteiger partial charge in [0.1, 0.15) is 11.6 Å². The van der Waals surface area contributed by atoms with Crippen LogP contribution in [0.15, 0.2) is 18.3 Å². The number of carbonyl (C=O) groups is 1. The maximum Gasteiger partial charge on any atom is 0.323 e. The van der Waals surface area contributed by atoms with Crippen molar-refractivity contribution in [2.75, 3.05) is 25.0 Å². The van der Waals surface area contributed by atoms with E-state index in [9.17, 15) is 4.79 Å². The van der Waals surface area contributed by atoms with Crippen molar-refractivity contribution in [1.29, 1.82) is 0 Å². The third-order valence-corrected chi connectivity index (χ3v) is 4.66. The van der Waals surface area contributed by atoms with Crippen molar-refractivity contribution in [3.63, 3.8) is 0 Å². The minimum Gasteiger partial charge on any atom is -0.492 e. The lowest BCUT2D eigenvalue weighted by molar-refractivity contribution is 0.194. The van der Waals surface area contributed by atoms with Crippen LogP contribution in [-0.2, 0) is 0 Å². The van der Waals surface area contributed by atoms with Crippen LogP contribution in [0, 0.1) is 13.8 Å². The van der Waals surface area contributed by atoms with Crippen LogP contribution in [0.4, 0.5) is 10.6 Å². The molecule has 2 N–H and O–H groups in total. The SMILES string of the molecule is CCOc1ccc(NC(=O)N2CCC(c3cn[nH]c3C)CC2)nc1C. The highest BCUT2D eigenvalue weighted by Gasteiger charge is 2.25. The molecule has 3 heterocycles. The Kier molecular flexibility index (Phi) is 5.21. The maximum absolute atomic E-state index is 12.5. The highest BCUT2D eigenvalue weighted by atomic mass is 16.5. The number of pyridine rings is 1. The molecule has 7 heteroatoms. The molecule has 1 aliphatic heterocycles. The van der Waals surface area contributed by atoms with E-state index < -0.39 is 0 Å². The number of amides is 2. The van der Waals surface area contributed by atoms with Gasteiger partial charge in [0.15, 0.2) is 0 Å². The molecule has 25 heavy (non-hydrogen) atoms. The number of ether oxygens (including phenoxy) is 1. The van der Waals surface area contributed by atoms with E-state index in [1.54, 1.807) is 6.07 Å². The number of anilines is 1. The molecule has 2 aromatic heterocycles. The standard InChI is InChI=1S/C18H25N5O2/c1-4-25-16-5-6-17(20-13(16)3)21-18(24)23-9-7-14(8-10-23)15-11-19-22-12(15)2/h5-6,11,14H,4,7-10H2,1-3H3,(H,19,22)(H,20,21,24).